The van der Waals surface area contributed by atoms with Crippen LogP contribution in [0.2, 0.25) is 0 Å². The van der Waals surface area contributed by atoms with Crippen molar-refractivity contribution in [1.82, 2.24) is 9.78 Å². The standard InChI is InChI=1S/C10H9N3O.ClH/c1-13-8-6-4-2-3-5-7(6)14-9(8)10(11)12-13;/h2-5H,1H3,(H2,11,12);1H. The Bertz CT molecular complexity index is 626. The molecule has 0 aliphatic heterocycles. The van der Waals surface area contributed by atoms with Crippen LogP contribution in [-0.4, -0.2) is 9.78 Å². The minimum Gasteiger partial charge on any atom is -0.450 e. The van der Waals surface area contributed by atoms with E-state index < -0.39 is 0 Å². The fourth-order valence-corrected chi connectivity index (χ4v) is 1.78. The predicted octanol–water partition coefficient (Wildman–Crippen LogP) is 2.32. The van der Waals surface area contributed by atoms with Gasteiger partial charge in [-0.15, -0.1) is 12.4 Å². The van der Waals surface area contributed by atoms with Gasteiger partial charge in [0.15, 0.2) is 11.4 Å². The van der Waals surface area contributed by atoms with Crippen molar-refractivity contribution in [2.45, 2.75) is 0 Å². The van der Waals surface area contributed by atoms with Crippen LogP contribution < -0.4 is 5.73 Å². The molecular formula is C10H10ClN3O. The van der Waals surface area contributed by atoms with Gasteiger partial charge in [0.05, 0.1) is 0 Å². The number of aromatic nitrogens is 2. The molecule has 0 fully saturated rings. The number of nitrogen functional groups attached to an aromatic ring is 1. The van der Waals surface area contributed by atoms with Crippen LogP contribution in [0.4, 0.5) is 5.82 Å². The van der Waals surface area contributed by atoms with Gasteiger partial charge in [-0.1, -0.05) is 12.1 Å². The zero-order chi connectivity index (χ0) is 9.71. The maximum Gasteiger partial charge on any atom is 0.197 e. The van der Waals surface area contributed by atoms with Gasteiger partial charge in [0.2, 0.25) is 0 Å². The summed E-state index contributed by atoms with van der Waals surface area (Å²) in [6.45, 7) is 0. The van der Waals surface area contributed by atoms with E-state index in [0.717, 1.165) is 16.5 Å². The summed E-state index contributed by atoms with van der Waals surface area (Å²) in [6, 6.07) is 7.84. The van der Waals surface area contributed by atoms with Crippen molar-refractivity contribution in [1.29, 1.82) is 0 Å². The van der Waals surface area contributed by atoms with Crippen LogP contribution in [0.1, 0.15) is 0 Å². The SMILES string of the molecule is Cl.Cn1nc(N)c2oc3ccccc3c21. The largest absolute Gasteiger partial charge is 0.450 e. The Kier molecular flexibility index (Phi) is 2.08. The molecule has 3 aromatic rings. The molecule has 3 rings (SSSR count). The Labute approximate surface area is 92.1 Å². The maximum absolute atomic E-state index is 5.72. The number of hydrogen-bond donors (Lipinski definition) is 1. The van der Waals surface area contributed by atoms with E-state index in [2.05, 4.69) is 5.10 Å². The smallest absolute Gasteiger partial charge is 0.197 e. The first-order valence-electron chi connectivity index (χ1n) is 4.37. The zero-order valence-corrected chi connectivity index (χ0v) is 8.91. The molecule has 2 aromatic heterocycles. The molecule has 0 aliphatic rings. The molecule has 0 aliphatic carbocycles. The summed E-state index contributed by atoms with van der Waals surface area (Å²) in [4.78, 5) is 0. The van der Waals surface area contributed by atoms with Gasteiger partial charge in [-0.3, -0.25) is 4.68 Å². The van der Waals surface area contributed by atoms with Gasteiger partial charge in [-0.05, 0) is 12.1 Å². The zero-order valence-electron chi connectivity index (χ0n) is 8.10. The Balaban J connectivity index is 0.000000853. The van der Waals surface area contributed by atoms with E-state index in [9.17, 15) is 0 Å². The van der Waals surface area contributed by atoms with Gasteiger partial charge in [-0.2, -0.15) is 5.10 Å². The third-order valence-electron chi connectivity index (χ3n) is 2.38. The lowest BCUT2D eigenvalue weighted by Gasteiger charge is -1.90. The molecule has 0 atom stereocenters. The molecule has 0 saturated carbocycles. The summed E-state index contributed by atoms with van der Waals surface area (Å²) < 4.78 is 7.34. The molecule has 0 saturated heterocycles. The Morgan fingerprint density at radius 1 is 1.33 bits per heavy atom. The van der Waals surface area contributed by atoms with Crippen LogP contribution in [0.15, 0.2) is 28.7 Å². The fraction of sp³-hybridized carbons (Fsp3) is 0.100. The molecule has 1 aromatic carbocycles. The lowest BCUT2D eigenvalue weighted by Crippen LogP contribution is -1.91. The van der Waals surface area contributed by atoms with Gasteiger partial charge in [-0.25, -0.2) is 0 Å². The first-order chi connectivity index (χ1) is 6.77. The summed E-state index contributed by atoms with van der Waals surface area (Å²) in [5.74, 6) is 0.443. The Morgan fingerprint density at radius 3 is 2.87 bits per heavy atom. The number of para-hydroxylation sites is 1. The highest BCUT2D eigenvalue weighted by molar-refractivity contribution is 6.05. The highest BCUT2D eigenvalue weighted by Crippen LogP contribution is 2.30. The van der Waals surface area contributed by atoms with Crippen molar-refractivity contribution >= 4 is 40.3 Å². The fourth-order valence-electron chi connectivity index (χ4n) is 1.78. The second-order valence-electron chi connectivity index (χ2n) is 3.28. The number of nitrogens with zero attached hydrogens (tertiary/aromatic N) is 2. The maximum atomic E-state index is 5.72. The van der Waals surface area contributed by atoms with Crippen molar-refractivity contribution in [3.05, 3.63) is 24.3 Å². The Morgan fingerprint density at radius 2 is 2.07 bits per heavy atom. The highest BCUT2D eigenvalue weighted by atomic mass is 35.5. The molecule has 4 nitrogen and oxygen atoms in total. The van der Waals surface area contributed by atoms with Gasteiger partial charge >= 0.3 is 0 Å². The van der Waals surface area contributed by atoms with Gasteiger partial charge in [0.25, 0.3) is 0 Å². The summed E-state index contributed by atoms with van der Waals surface area (Å²) in [5, 5.41) is 5.15. The molecule has 2 N–H and O–H groups in total. The summed E-state index contributed by atoms with van der Waals surface area (Å²) in [7, 11) is 1.86. The number of furan rings is 1. The predicted molar refractivity (Wildman–Crippen MR) is 62.1 cm³/mol. The molecule has 0 amide bonds. The van der Waals surface area contributed by atoms with E-state index in [1.54, 1.807) is 4.68 Å². The first-order valence-corrected chi connectivity index (χ1v) is 4.37. The number of halogens is 1. The number of anilines is 1. The van der Waals surface area contributed by atoms with E-state index in [1.807, 2.05) is 31.3 Å². The average molecular weight is 224 g/mol. The van der Waals surface area contributed by atoms with Crippen LogP contribution in [-0.2, 0) is 7.05 Å². The van der Waals surface area contributed by atoms with Gasteiger partial charge in [0, 0.05) is 12.4 Å². The Hall–Kier alpha value is -1.68. The lowest BCUT2D eigenvalue weighted by molar-refractivity contribution is 0.670. The number of fused-ring (bicyclic) bond motifs is 3. The molecule has 0 unspecified atom stereocenters. The van der Waals surface area contributed by atoms with E-state index in [0.29, 0.717) is 11.4 Å². The quantitative estimate of drug-likeness (QED) is 0.636. The summed E-state index contributed by atoms with van der Waals surface area (Å²) >= 11 is 0. The van der Waals surface area contributed by atoms with Crippen molar-refractivity contribution in [3.8, 4) is 0 Å². The van der Waals surface area contributed by atoms with Crippen LogP contribution in [0.25, 0.3) is 22.1 Å². The van der Waals surface area contributed by atoms with Crippen molar-refractivity contribution in [3.63, 3.8) is 0 Å². The average Bonchev–Trinajstić information content (AvgIpc) is 2.66. The number of aryl methyl sites for hydroxylation is 1. The molecule has 5 heteroatoms. The number of benzene rings is 1. The van der Waals surface area contributed by atoms with Crippen LogP contribution >= 0.6 is 12.4 Å². The van der Waals surface area contributed by atoms with E-state index in [4.69, 9.17) is 10.2 Å². The minimum atomic E-state index is 0. The molecule has 0 bridgehead atoms. The lowest BCUT2D eigenvalue weighted by atomic mass is 10.2. The number of nitrogens with two attached hydrogens (primary N) is 1. The molecular weight excluding hydrogens is 214 g/mol. The monoisotopic (exact) mass is 223 g/mol. The molecule has 78 valence electrons. The number of hydrogen-bond acceptors (Lipinski definition) is 3. The van der Waals surface area contributed by atoms with E-state index in [1.165, 1.54) is 0 Å². The van der Waals surface area contributed by atoms with E-state index >= 15 is 0 Å². The van der Waals surface area contributed by atoms with E-state index in [-0.39, 0.29) is 12.4 Å². The summed E-state index contributed by atoms with van der Waals surface area (Å²) in [5.41, 5.74) is 8.20. The minimum absolute atomic E-state index is 0. The third-order valence-corrected chi connectivity index (χ3v) is 2.38. The normalized spacial score (nSPS) is 10.7. The van der Waals surface area contributed by atoms with Gasteiger partial charge < -0.3 is 10.2 Å². The molecule has 0 radical (unpaired) electrons. The molecule has 2 heterocycles. The third kappa shape index (κ3) is 1.18. The second kappa shape index (κ2) is 3.17. The van der Waals surface area contributed by atoms with Crippen molar-refractivity contribution in [2.24, 2.45) is 7.05 Å². The molecule has 0 spiro atoms. The summed E-state index contributed by atoms with van der Waals surface area (Å²) in [6.07, 6.45) is 0. The van der Waals surface area contributed by atoms with Gasteiger partial charge in [0.1, 0.15) is 11.1 Å². The van der Waals surface area contributed by atoms with Crippen molar-refractivity contribution < 1.29 is 4.42 Å². The number of rotatable bonds is 0. The van der Waals surface area contributed by atoms with Crippen LogP contribution in [0.5, 0.6) is 0 Å². The second-order valence-corrected chi connectivity index (χ2v) is 3.28. The van der Waals surface area contributed by atoms with Crippen LogP contribution in [0, 0.1) is 0 Å². The highest BCUT2D eigenvalue weighted by Gasteiger charge is 2.13. The molecule has 15 heavy (non-hydrogen) atoms. The topological polar surface area (TPSA) is 57.0 Å². The first kappa shape index (κ1) is 9.86. The van der Waals surface area contributed by atoms with Crippen LogP contribution in [0.3, 0.4) is 0 Å². The van der Waals surface area contributed by atoms with Crippen molar-refractivity contribution in [2.75, 3.05) is 5.73 Å².